The highest BCUT2D eigenvalue weighted by molar-refractivity contribution is 7.89. The predicted molar refractivity (Wildman–Crippen MR) is 99.9 cm³/mol. The largest absolute Gasteiger partial charge is 0.349 e. The van der Waals surface area contributed by atoms with Crippen molar-refractivity contribution in [3.8, 4) is 0 Å². The summed E-state index contributed by atoms with van der Waals surface area (Å²) in [6.07, 6.45) is 5.10. The zero-order chi connectivity index (χ0) is 19.4. The van der Waals surface area contributed by atoms with Crippen LogP contribution in [0.4, 0.5) is 0 Å². The molecule has 1 aromatic heterocycles. The summed E-state index contributed by atoms with van der Waals surface area (Å²) in [6, 6.07) is 6.18. The molecule has 0 saturated heterocycles. The first-order valence-corrected chi connectivity index (χ1v) is 10.3. The molecule has 2 atom stereocenters. The summed E-state index contributed by atoms with van der Waals surface area (Å²) in [4.78, 5) is 30.3. The van der Waals surface area contributed by atoms with Gasteiger partial charge in [-0.25, -0.2) is 18.1 Å². The molecule has 2 aromatic rings. The van der Waals surface area contributed by atoms with Gasteiger partial charge in [0.1, 0.15) is 5.56 Å². The number of aromatic amines is 1. The topological polar surface area (TPSA) is 121 Å². The number of H-pyrrole nitrogens is 1. The lowest BCUT2D eigenvalue weighted by molar-refractivity contribution is 0.0923. The highest BCUT2D eigenvalue weighted by Crippen LogP contribution is 2.21. The van der Waals surface area contributed by atoms with E-state index in [1.54, 1.807) is 24.3 Å². The molecule has 1 heterocycles. The summed E-state index contributed by atoms with van der Waals surface area (Å²) >= 11 is 0. The van der Waals surface area contributed by atoms with Gasteiger partial charge in [0.05, 0.1) is 11.2 Å². The zero-order valence-corrected chi connectivity index (χ0v) is 15.8. The average molecular weight is 390 g/mol. The molecule has 144 valence electrons. The van der Waals surface area contributed by atoms with E-state index in [9.17, 15) is 18.0 Å². The van der Waals surface area contributed by atoms with Gasteiger partial charge >= 0.3 is 0 Å². The molecule has 1 aromatic carbocycles. The third-order valence-electron chi connectivity index (χ3n) is 4.63. The number of benzene rings is 1. The van der Waals surface area contributed by atoms with Gasteiger partial charge in [-0.3, -0.25) is 9.59 Å². The Bertz CT molecular complexity index is 969. The van der Waals surface area contributed by atoms with Crippen LogP contribution in [0.1, 0.15) is 41.6 Å². The number of carbonyl (C=O) groups is 1. The highest BCUT2D eigenvalue weighted by atomic mass is 32.2. The Morgan fingerprint density at radius 3 is 2.59 bits per heavy atom. The van der Waals surface area contributed by atoms with Crippen molar-refractivity contribution in [2.45, 2.75) is 49.6 Å². The molecule has 0 spiro atoms. The van der Waals surface area contributed by atoms with Crippen LogP contribution in [0, 0.1) is 6.92 Å². The minimum Gasteiger partial charge on any atom is -0.349 e. The van der Waals surface area contributed by atoms with Crippen LogP contribution in [0.2, 0.25) is 0 Å². The second-order valence-corrected chi connectivity index (χ2v) is 8.48. The summed E-state index contributed by atoms with van der Waals surface area (Å²) in [6.45, 7) is 1.89. The molecule has 0 unspecified atom stereocenters. The zero-order valence-electron chi connectivity index (χ0n) is 14.9. The van der Waals surface area contributed by atoms with Gasteiger partial charge in [-0.05, 0) is 44.7 Å². The number of amides is 1. The highest BCUT2D eigenvalue weighted by Gasteiger charge is 2.28. The van der Waals surface area contributed by atoms with Crippen LogP contribution in [0.3, 0.4) is 0 Å². The van der Waals surface area contributed by atoms with Gasteiger partial charge in [0.25, 0.3) is 11.5 Å². The molecule has 27 heavy (non-hydrogen) atoms. The summed E-state index contributed by atoms with van der Waals surface area (Å²) in [5.74, 6) is -0.503. The molecule has 1 aliphatic carbocycles. The minimum atomic E-state index is -3.62. The van der Waals surface area contributed by atoms with Crippen LogP contribution >= 0.6 is 0 Å². The van der Waals surface area contributed by atoms with Crippen molar-refractivity contribution in [2.24, 2.45) is 0 Å². The second-order valence-electron chi connectivity index (χ2n) is 6.76. The molecule has 1 saturated carbocycles. The Kier molecular flexibility index (Phi) is 5.71. The van der Waals surface area contributed by atoms with E-state index >= 15 is 0 Å². The summed E-state index contributed by atoms with van der Waals surface area (Å²) in [5, 5.41) is 2.81. The van der Waals surface area contributed by atoms with Crippen LogP contribution in [-0.4, -0.2) is 36.4 Å². The van der Waals surface area contributed by atoms with Gasteiger partial charge < -0.3 is 10.3 Å². The fourth-order valence-corrected chi connectivity index (χ4v) is 4.49. The number of hydrogen-bond donors (Lipinski definition) is 3. The number of carbonyl (C=O) groups excluding carboxylic acids is 1. The van der Waals surface area contributed by atoms with Gasteiger partial charge in [0, 0.05) is 18.3 Å². The number of aromatic nitrogens is 2. The number of sulfonamides is 1. The predicted octanol–water partition coefficient (Wildman–Crippen LogP) is 1.10. The molecule has 0 bridgehead atoms. The number of rotatable bonds is 5. The summed E-state index contributed by atoms with van der Waals surface area (Å²) < 4.78 is 27.8. The third kappa shape index (κ3) is 4.81. The standard InChI is InChI=1S/C18H22N4O4S/c1-12-5-7-15(8-6-12)27(25,26)22-14-4-2-3-13(9-14)21-18(24)16-10-19-11-20-17(16)23/h5-8,10-11,13-14,22H,2-4,9H2,1H3,(H,21,24)(H,19,20,23)/t13-,14-/m1/s1. The molecule has 8 nitrogen and oxygen atoms in total. The van der Waals surface area contributed by atoms with Crippen molar-refractivity contribution in [1.82, 2.24) is 20.0 Å². The van der Waals surface area contributed by atoms with E-state index < -0.39 is 21.5 Å². The van der Waals surface area contributed by atoms with Gasteiger partial charge in [-0.2, -0.15) is 0 Å². The van der Waals surface area contributed by atoms with Crippen molar-refractivity contribution in [2.75, 3.05) is 0 Å². The second kappa shape index (κ2) is 8.01. The number of aryl methyl sites for hydroxylation is 1. The molecule has 3 N–H and O–H groups in total. The van der Waals surface area contributed by atoms with Crippen LogP contribution in [-0.2, 0) is 10.0 Å². The average Bonchev–Trinajstić information content (AvgIpc) is 2.62. The minimum absolute atomic E-state index is 0.0557. The molecule has 0 radical (unpaired) electrons. The van der Waals surface area contributed by atoms with Gasteiger partial charge in [0.2, 0.25) is 10.0 Å². The fourth-order valence-electron chi connectivity index (χ4n) is 3.20. The van der Waals surface area contributed by atoms with Crippen molar-refractivity contribution in [1.29, 1.82) is 0 Å². The van der Waals surface area contributed by atoms with E-state index in [1.807, 2.05) is 6.92 Å². The van der Waals surface area contributed by atoms with Crippen LogP contribution in [0.25, 0.3) is 0 Å². The first kappa shape index (κ1) is 19.2. The van der Waals surface area contributed by atoms with Crippen molar-refractivity contribution >= 4 is 15.9 Å². The van der Waals surface area contributed by atoms with Gasteiger partial charge in [0.15, 0.2) is 0 Å². The lowest BCUT2D eigenvalue weighted by atomic mass is 9.91. The lowest BCUT2D eigenvalue weighted by Crippen LogP contribution is -2.46. The Morgan fingerprint density at radius 1 is 1.19 bits per heavy atom. The van der Waals surface area contributed by atoms with Crippen LogP contribution in [0.15, 0.2) is 46.5 Å². The molecular formula is C18H22N4O4S. The fraction of sp³-hybridized carbons (Fsp3) is 0.389. The Balaban J connectivity index is 1.64. The Labute approximate surface area is 157 Å². The first-order chi connectivity index (χ1) is 12.8. The van der Waals surface area contributed by atoms with Crippen molar-refractivity contribution in [3.63, 3.8) is 0 Å². The number of nitrogens with one attached hydrogen (secondary N) is 3. The molecule has 9 heteroatoms. The maximum Gasteiger partial charge on any atom is 0.263 e. The smallest absolute Gasteiger partial charge is 0.263 e. The maximum atomic E-state index is 12.6. The van der Waals surface area contributed by atoms with Gasteiger partial charge in [-0.15, -0.1) is 0 Å². The van der Waals surface area contributed by atoms with E-state index in [0.717, 1.165) is 18.4 Å². The normalized spacial score (nSPS) is 20.2. The number of hydrogen-bond acceptors (Lipinski definition) is 5. The Hall–Kier alpha value is -2.52. The molecule has 1 amide bonds. The molecule has 3 rings (SSSR count). The summed E-state index contributed by atoms with van der Waals surface area (Å²) in [7, 11) is -3.62. The first-order valence-electron chi connectivity index (χ1n) is 8.78. The van der Waals surface area contributed by atoms with Crippen molar-refractivity contribution in [3.05, 3.63) is 58.3 Å². The lowest BCUT2D eigenvalue weighted by Gasteiger charge is -2.30. The number of nitrogens with zero attached hydrogens (tertiary/aromatic N) is 1. The Morgan fingerprint density at radius 2 is 1.89 bits per heavy atom. The van der Waals surface area contributed by atoms with Crippen molar-refractivity contribution < 1.29 is 13.2 Å². The monoisotopic (exact) mass is 390 g/mol. The quantitative estimate of drug-likeness (QED) is 0.706. The summed E-state index contributed by atoms with van der Waals surface area (Å²) in [5.41, 5.74) is 0.426. The van der Waals surface area contributed by atoms with Gasteiger partial charge in [-0.1, -0.05) is 17.7 Å². The van der Waals surface area contributed by atoms with E-state index in [1.165, 1.54) is 12.5 Å². The SMILES string of the molecule is Cc1ccc(S(=O)(=O)N[C@@H]2CCC[C@@H](NC(=O)c3cnc[nH]c3=O)C2)cc1. The van der Waals surface area contributed by atoms with E-state index in [0.29, 0.717) is 12.8 Å². The third-order valence-corrected chi connectivity index (χ3v) is 6.16. The molecule has 1 fully saturated rings. The van der Waals surface area contributed by atoms with E-state index in [-0.39, 0.29) is 22.5 Å². The van der Waals surface area contributed by atoms with E-state index in [2.05, 4.69) is 20.0 Å². The maximum absolute atomic E-state index is 12.6. The van der Waals surface area contributed by atoms with Crippen LogP contribution in [0.5, 0.6) is 0 Å². The molecular weight excluding hydrogens is 368 g/mol. The molecule has 1 aliphatic rings. The molecule has 0 aliphatic heterocycles. The van der Waals surface area contributed by atoms with Crippen LogP contribution < -0.4 is 15.6 Å². The van der Waals surface area contributed by atoms with E-state index in [4.69, 9.17) is 0 Å².